The van der Waals surface area contributed by atoms with Gasteiger partial charge in [-0.25, -0.2) is 0 Å². The summed E-state index contributed by atoms with van der Waals surface area (Å²) in [5.74, 6) is -0.604. The topological polar surface area (TPSA) is 95.5 Å². The SMILES string of the molecule is Cc1nnc(NC(=O)CCN2C(=O)c3ccccc3N3C(=O)c4ccccc4C23)s1. The summed E-state index contributed by atoms with van der Waals surface area (Å²) in [5, 5.41) is 11.7. The highest BCUT2D eigenvalue weighted by Crippen LogP contribution is 2.45. The third-order valence-electron chi connectivity index (χ3n) is 5.23. The van der Waals surface area contributed by atoms with Crippen LogP contribution < -0.4 is 10.2 Å². The van der Waals surface area contributed by atoms with Gasteiger partial charge in [0.1, 0.15) is 11.2 Å². The molecule has 3 heterocycles. The highest BCUT2D eigenvalue weighted by atomic mass is 32.1. The first-order valence-corrected chi connectivity index (χ1v) is 10.3. The van der Waals surface area contributed by atoms with E-state index in [0.29, 0.717) is 21.9 Å². The summed E-state index contributed by atoms with van der Waals surface area (Å²) in [5.41, 5.74) is 2.39. The van der Waals surface area contributed by atoms with Crippen molar-refractivity contribution in [1.29, 1.82) is 0 Å². The number of carbonyl (C=O) groups excluding carboxylic acids is 3. The lowest BCUT2D eigenvalue weighted by atomic mass is 10.0. The van der Waals surface area contributed by atoms with E-state index < -0.39 is 6.17 Å². The molecule has 0 radical (unpaired) electrons. The van der Waals surface area contributed by atoms with Crippen molar-refractivity contribution in [3.05, 3.63) is 70.2 Å². The van der Waals surface area contributed by atoms with E-state index in [1.54, 1.807) is 41.0 Å². The van der Waals surface area contributed by atoms with Gasteiger partial charge in [0.15, 0.2) is 0 Å². The minimum absolute atomic E-state index is 0.0766. The third kappa shape index (κ3) is 2.86. The number of carbonyl (C=O) groups is 3. The standard InChI is InChI=1S/C21H17N5O3S/c1-12-23-24-21(30-12)22-17(27)10-11-25-18-13-6-2-3-7-14(13)20(29)26(18)16-9-5-4-8-15(16)19(25)28/h2-9,18H,10-11H2,1H3,(H,22,24,27). The summed E-state index contributed by atoms with van der Waals surface area (Å²) in [6.45, 7) is 1.97. The first-order valence-electron chi connectivity index (χ1n) is 9.47. The second-order valence-corrected chi connectivity index (χ2v) is 8.26. The van der Waals surface area contributed by atoms with E-state index in [1.807, 2.05) is 24.3 Å². The normalized spacial score (nSPS) is 16.9. The van der Waals surface area contributed by atoms with Gasteiger partial charge in [-0.05, 0) is 25.1 Å². The van der Waals surface area contributed by atoms with Crippen LogP contribution in [0.25, 0.3) is 0 Å². The Bertz CT molecular complexity index is 1190. The van der Waals surface area contributed by atoms with Gasteiger partial charge in [0.25, 0.3) is 11.8 Å². The smallest absolute Gasteiger partial charge is 0.260 e. The molecule has 0 fully saturated rings. The van der Waals surface area contributed by atoms with Crippen LogP contribution in [0.4, 0.5) is 10.8 Å². The van der Waals surface area contributed by atoms with Gasteiger partial charge in [-0.3, -0.25) is 19.3 Å². The number of aryl methyl sites for hydroxylation is 1. The quantitative estimate of drug-likeness (QED) is 0.701. The van der Waals surface area contributed by atoms with Gasteiger partial charge in [0, 0.05) is 24.1 Å². The number of benzene rings is 2. The third-order valence-corrected chi connectivity index (χ3v) is 5.99. The van der Waals surface area contributed by atoms with E-state index >= 15 is 0 Å². The van der Waals surface area contributed by atoms with Gasteiger partial charge in [-0.15, -0.1) is 10.2 Å². The number of nitrogens with one attached hydrogen (secondary N) is 1. The summed E-state index contributed by atoms with van der Waals surface area (Å²) < 4.78 is 0. The molecule has 8 nitrogen and oxygen atoms in total. The van der Waals surface area contributed by atoms with Crippen LogP contribution in [0.1, 0.15) is 43.9 Å². The summed E-state index contributed by atoms with van der Waals surface area (Å²) >= 11 is 1.29. The lowest BCUT2D eigenvalue weighted by Gasteiger charge is -2.40. The van der Waals surface area contributed by atoms with Crippen molar-refractivity contribution in [2.45, 2.75) is 19.5 Å². The van der Waals surface area contributed by atoms with Crippen LogP contribution in [-0.2, 0) is 4.79 Å². The van der Waals surface area contributed by atoms with Gasteiger partial charge in [0.05, 0.1) is 11.3 Å². The molecule has 0 spiro atoms. The first-order chi connectivity index (χ1) is 14.5. The molecule has 9 heteroatoms. The van der Waals surface area contributed by atoms with Crippen molar-refractivity contribution in [3.63, 3.8) is 0 Å². The van der Waals surface area contributed by atoms with E-state index in [-0.39, 0.29) is 30.7 Å². The Morgan fingerprint density at radius 1 is 1.03 bits per heavy atom. The Balaban J connectivity index is 1.46. The molecule has 0 aliphatic carbocycles. The van der Waals surface area contributed by atoms with Crippen LogP contribution >= 0.6 is 11.3 Å². The first kappa shape index (κ1) is 18.4. The predicted octanol–water partition coefficient (Wildman–Crippen LogP) is 2.99. The average Bonchev–Trinajstić information content (AvgIpc) is 3.29. The van der Waals surface area contributed by atoms with Crippen molar-refractivity contribution in [2.75, 3.05) is 16.8 Å². The maximum atomic E-state index is 13.3. The molecule has 30 heavy (non-hydrogen) atoms. The zero-order valence-corrected chi connectivity index (χ0v) is 16.8. The van der Waals surface area contributed by atoms with Crippen molar-refractivity contribution in [2.24, 2.45) is 0 Å². The Labute approximate surface area is 176 Å². The average molecular weight is 419 g/mol. The van der Waals surface area contributed by atoms with Gasteiger partial charge in [0.2, 0.25) is 11.0 Å². The fourth-order valence-corrected chi connectivity index (χ4v) is 4.56. The van der Waals surface area contributed by atoms with Crippen LogP contribution in [0.15, 0.2) is 48.5 Å². The van der Waals surface area contributed by atoms with E-state index in [0.717, 1.165) is 10.6 Å². The van der Waals surface area contributed by atoms with E-state index in [4.69, 9.17) is 0 Å². The zero-order valence-electron chi connectivity index (χ0n) is 16.0. The maximum absolute atomic E-state index is 13.3. The number of amides is 3. The largest absolute Gasteiger partial charge is 0.313 e. The number of para-hydroxylation sites is 1. The minimum atomic E-state index is -0.562. The zero-order chi connectivity index (χ0) is 20.8. The molecule has 2 aromatic carbocycles. The molecule has 0 saturated carbocycles. The van der Waals surface area contributed by atoms with Crippen LogP contribution in [0.3, 0.4) is 0 Å². The van der Waals surface area contributed by atoms with Crippen LogP contribution in [0, 0.1) is 6.92 Å². The monoisotopic (exact) mass is 419 g/mol. The van der Waals surface area contributed by atoms with E-state index in [1.165, 1.54) is 11.3 Å². The number of hydrogen-bond acceptors (Lipinski definition) is 6. The molecule has 2 aliphatic heterocycles. The molecule has 1 N–H and O–H groups in total. The van der Waals surface area contributed by atoms with Gasteiger partial charge < -0.3 is 10.2 Å². The molecular formula is C21H17N5O3S. The molecule has 2 aliphatic rings. The second-order valence-electron chi connectivity index (χ2n) is 7.08. The second kappa shape index (κ2) is 7.03. The number of fused-ring (bicyclic) bond motifs is 5. The maximum Gasteiger partial charge on any atom is 0.260 e. The van der Waals surface area contributed by atoms with Crippen molar-refractivity contribution >= 4 is 39.9 Å². The highest BCUT2D eigenvalue weighted by Gasteiger charge is 2.47. The Hall–Kier alpha value is -3.59. The number of aromatic nitrogens is 2. The van der Waals surface area contributed by atoms with Crippen molar-refractivity contribution in [1.82, 2.24) is 15.1 Å². The summed E-state index contributed by atoms with van der Waals surface area (Å²) in [4.78, 5) is 42.1. The van der Waals surface area contributed by atoms with E-state index in [2.05, 4.69) is 15.5 Å². The Kier molecular flexibility index (Phi) is 4.32. The Morgan fingerprint density at radius 2 is 1.77 bits per heavy atom. The molecule has 3 amide bonds. The molecule has 0 bridgehead atoms. The number of rotatable bonds is 4. The molecule has 5 rings (SSSR count). The fourth-order valence-electron chi connectivity index (χ4n) is 3.95. The van der Waals surface area contributed by atoms with E-state index in [9.17, 15) is 14.4 Å². The number of anilines is 2. The molecule has 1 unspecified atom stereocenters. The molecular weight excluding hydrogens is 402 g/mol. The molecule has 1 atom stereocenters. The fraction of sp³-hybridized carbons (Fsp3) is 0.190. The van der Waals surface area contributed by atoms with Crippen molar-refractivity contribution in [3.8, 4) is 0 Å². The van der Waals surface area contributed by atoms with Crippen LogP contribution in [-0.4, -0.2) is 39.4 Å². The number of nitrogens with zero attached hydrogens (tertiary/aromatic N) is 4. The van der Waals surface area contributed by atoms with Crippen LogP contribution in [0.5, 0.6) is 0 Å². The summed E-state index contributed by atoms with van der Waals surface area (Å²) in [6.07, 6.45) is -0.486. The van der Waals surface area contributed by atoms with Crippen molar-refractivity contribution < 1.29 is 14.4 Å². The molecule has 150 valence electrons. The van der Waals surface area contributed by atoms with Gasteiger partial charge in [-0.1, -0.05) is 41.7 Å². The lowest BCUT2D eigenvalue weighted by molar-refractivity contribution is -0.116. The van der Waals surface area contributed by atoms with Gasteiger partial charge >= 0.3 is 0 Å². The van der Waals surface area contributed by atoms with Crippen LogP contribution in [0.2, 0.25) is 0 Å². The summed E-state index contributed by atoms with van der Waals surface area (Å²) in [7, 11) is 0. The van der Waals surface area contributed by atoms with Gasteiger partial charge in [-0.2, -0.15) is 0 Å². The lowest BCUT2D eigenvalue weighted by Crippen LogP contribution is -2.48. The molecule has 1 aromatic heterocycles. The predicted molar refractivity (Wildman–Crippen MR) is 111 cm³/mol. The highest BCUT2D eigenvalue weighted by molar-refractivity contribution is 7.15. The molecule has 0 saturated heterocycles. The summed E-state index contributed by atoms with van der Waals surface area (Å²) in [6, 6.07) is 14.4. The number of hydrogen-bond donors (Lipinski definition) is 1. The molecule has 3 aromatic rings. The Morgan fingerprint density at radius 3 is 2.53 bits per heavy atom. The minimum Gasteiger partial charge on any atom is -0.313 e.